The molecule has 0 fully saturated rings. The first-order valence-corrected chi connectivity index (χ1v) is 17.0. The SMILES string of the molecule is C/C(=C\Cc1ccc(-c2ccc(C)nc2C)cc1)c1ccc(-c2c(C3=CCCC=C3)cc(-c3ccccc3)cc2-c2ccccc2)cc1. The molecule has 1 aliphatic carbocycles. The van der Waals surface area contributed by atoms with E-state index in [0.717, 1.165) is 30.7 Å². The van der Waals surface area contributed by atoms with Crippen molar-refractivity contribution in [3.63, 3.8) is 0 Å². The predicted molar refractivity (Wildman–Crippen MR) is 206 cm³/mol. The smallest absolute Gasteiger partial charge is 0.0454 e. The summed E-state index contributed by atoms with van der Waals surface area (Å²) in [5.41, 5.74) is 18.4. The minimum Gasteiger partial charge on any atom is -0.258 e. The van der Waals surface area contributed by atoms with Crippen molar-refractivity contribution < 1.29 is 0 Å². The maximum absolute atomic E-state index is 4.64. The van der Waals surface area contributed by atoms with Crippen LogP contribution in [0.2, 0.25) is 0 Å². The number of nitrogens with zero attached hydrogens (tertiary/aromatic N) is 1. The van der Waals surface area contributed by atoms with E-state index in [2.05, 4.69) is 177 Å². The Balaban J connectivity index is 1.22. The fraction of sp³-hybridized carbons (Fsp3) is 0.128. The first kappa shape index (κ1) is 31.1. The molecule has 1 aliphatic rings. The molecule has 0 bridgehead atoms. The number of hydrogen-bond acceptors (Lipinski definition) is 1. The molecular weight excluding hydrogens is 579 g/mol. The summed E-state index contributed by atoms with van der Waals surface area (Å²) in [7, 11) is 0. The molecular formula is C47H41N. The van der Waals surface area contributed by atoms with Crippen molar-refractivity contribution in [3.05, 3.63) is 186 Å². The Labute approximate surface area is 285 Å². The number of hydrogen-bond donors (Lipinski definition) is 0. The monoisotopic (exact) mass is 619 g/mol. The molecule has 0 N–H and O–H groups in total. The fourth-order valence-electron chi connectivity index (χ4n) is 6.74. The van der Waals surface area contributed by atoms with Crippen molar-refractivity contribution in [1.82, 2.24) is 4.98 Å². The topological polar surface area (TPSA) is 12.9 Å². The molecule has 0 saturated heterocycles. The standard InChI is InChI=1S/C47H41N/c1-33(19-21-36-22-24-41(25-23-36)44-30-20-34(2)48-35(44)3)37-26-28-42(29-27-37)47-45(39-15-9-5-10-16-39)31-43(38-13-7-4-8-14-38)32-46(47)40-17-11-6-12-18-40/h4-5,7-11,13-20,22-32H,6,12,21H2,1-3H3/b33-19+. The van der Waals surface area contributed by atoms with Crippen LogP contribution in [0.25, 0.3) is 55.7 Å². The molecule has 48 heavy (non-hydrogen) atoms. The first-order chi connectivity index (χ1) is 23.5. The summed E-state index contributed by atoms with van der Waals surface area (Å²) in [6.45, 7) is 6.34. The lowest BCUT2D eigenvalue weighted by atomic mass is 9.83. The van der Waals surface area contributed by atoms with E-state index >= 15 is 0 Å². The molecule has 1 heterocycles. The maximum Gasteiger partial charge on any atom is 0.0454 e. The van der Waals surface area contributed by atoms with Crippen LogP contribution in [0, 0.1) is 13.8 Å². The van der Waals surface area contributed by atoms with Crippen molar-refractivity contribution in [3.8, 4) is 44.5 Å². The van der Waals surface area contributed by atoms with Gasteiger partial charge >= 0.3 is 0 Å². The van der Waals surface area contributed by atoms with Crippen molar-refractivity contribution in [1.29, 1.82) is 0 Å². The molecule has 5 aromatic carbocycles. The van der Waals surface area contributed by atoms with E-state index in [0.29, 0.717) is 0 Å². The van der Waals surface area contributed by atoms with Crippen LogP contribution in [-0.4, -0.2) is 4.98 Å². The van der Waals surface area contributed by atoms with Crippen molar-refractivity contribution in [2.75, 3.05) is 0 Å². The number of allylic oxidation sites excluding steroid dienone is 6. The number of benzene rings is 5. The molecule has 234 valence electrons. The van der Waals surface area contributed by atoms with Gasteiger partial charge in [0.15, 0.2) is 0 Å². The molecule has 0 aliphatic heterocycles. The van der Waals surface area contributed by atoms with E-state index in [1.807, 2.05) is 6.92 Å². The van der Waals surface area contributed by atoms with E-state index in [9.17, 15) is 0 Å². The van der Waals surface area contributed by atoms with Crippen LogP contribution in [0.4, 0.5) is 0 Å². The zero-order chi connectivity index (χ0) is 32.9. The lowest BCUT2D eigenvalue weighted by Crippen LogP contribution is -1.97. The third-order valence-electron chi connectivity index (χ3n) is 9.40. The molecule has 7 rings (SSSR count). The van der Waals surface area contributed by atoms with Crippen LogP contribution in [0.5, 0.6) is 0 Å². The zero-order valence-corrected chi connectivity index (χ0v) is 28.1. The normalized spacial score (nSPS) is 13.0. The summed E-state index contributed by atoms with van der Waals surface area (Å²) in [6, 6.07) is 48.7. The lowest BCUT2D eigenvalue weighted by molar-refractivity contribution is 1.04. The van der Waals surface area contributed by atoms with Gasteiger partial charge in [-0.2, -0.15) is 0 Å². The van der Waals surface area contributed by atoms with Gasteiger partial charge in [0.1, 0.15) is 0 Å². The van der Waals surface area contributed by atoms with Crippen LogP contribution in [-0.2, 0) is 6.42 Å². The van der Waals surface area contributed by atoms with Gasteiger partial charge < -0.3 is 0 Å². The second-order valence-corrected chi connectivity index (χ2v) is 12.8. The Bertz CT molecular complexity index is 2130. The molecule has 6 aromatic rings. The molecule has 0 unspecified atom stereocenters. The summed E-state index contributed by atoms with van der Waals surface area (Å²) in [6.07, 6.45) is 12.4. The van der Waals surface area contributed by atoms with Gasteiger partial charge in [0.05, 0.1) is 0 Å². The van der Waals surface area contributed by atoms with E-state index in [1.54, 1.807) is 0 Å². The second kappa shape index (κ2) is 14.1. The van der Waals surface area contributed by atoms with Gasteiger partial charge in [-0.1, -0.05) is 140 Å². The number of pyridine rings is 1. The molecule has 0 spiro atoms. The van der Waals surface area contributed by atoms with Crippen molar-refractivity contribution in [2.45, 2.75) is 40.0 Å². The molecule has 0 radical (unpaired) electrons. The average Bonchev–Trinajstić information content (AvgIpc) is 3.15. The maximum atomic E-state index is 4.64. The number of rotatable bonds is 8. The Kier molecular flexibility index (Phi) is 9.12. The Morgan fingerprint density at radius 2 is 1.25 bits per heavy atom. The number of aryl methyl sites for hydroxylation is 2. The fourth-order valence-corrected chi connectivity index (χ4v) is 6.74. The largest absolute Gasteiger partial charge is 0.258 e. The highest BCUT2D eigenvalue weighted by atomic mass is 14.7. The summed E-state index contributed by atoms with van der Waals surface area (Å²) in [4.78, 5) is 4.64. The van der Waals surface area contributed by atoms with Crippen molar-refractivity contribution in [2.24, 2.45) is 0 Å². The second-order valence-electron chi connectivity index (χ2n) is 12.8. The summed E-state index contributed by atoms with van der Waals surface area (Å²) in [5.74, 6) is 0. The third-order valence-corrected chi connectivity index (χ3v) is 9.40. The molecule has 0 saturated carbocycles. The molecule has 1 heteroatoms. The van der Waals surface area contributed by atoms with Crippen LogP contribution >= 0.6 is 0 Å². The molecule has 1 aromatic heterocycles. The quantitative estimate of drug-likeness (QED) is 0.165. The van der Waals surface area contributed by atoms with Gasteiger partial charge in [0, 0.05) is 17.0 Å². The van der Waals surface area contributed by atoms with Gasteiger partial charge in [-0.05, 0) is 125 Å². The average molecular weight is 620 g/mol. The van der Waals surface area contributed by atoms with E-state index in [-0.39, 0.29) is 0 Å². The van der Waals surface area contributed by atoms with Gasteiger partial charge in [0.2, 0.25) is 0 Å². The Morgan fingerprint density at radius 1 is 0.604 bits per heavy atom. The van der Waals surface area contributed by atoms with Gasteiger partial charge in [0.25, 0.3) is 0 Å². The zero-order valence-electron chi connectivity index (χ0n) is 28.1. The highest BCUT2D eigenvalue weighted by molar-refractivity contribution is 5.97. The highest BCUT2D eigenvalue weighted by Gasteiger charge is 2.18. The van der Waals surface area contributed by atoms with Crippen LogP contribution in [0.15, 0.2) is 158 Å². The van der Waals surface area contributed by atoms with Crippen LogP contribution < -0.4 is 0 Å². The van der Waals surface area contributed by atoms with Gasteiger partial charge in [-0.15, -0.1) is 0 Å². The van der Waals surface area contributed by atoms with Crippen LogP contribution in [0.3, 0.4) is 0 Å². The van der Waals surface area contributed by atoms with E-state index in [4.69, 9.17) is 0 Å². The van der Waals surface area contributed by atoms with Crippen LogP contribution in [0.1, 0.15) is 47.8 Å². The van der Waals surface area contributed by atoms with Crippen molar-refractivity contribution >= 4 is 11.1 Å². The minimum atomic E-state index is 0.892. The van der Waals surface area contributed by atoms with Gasteiger partial charge in [-0.25, -0.2) is 0 Å². The predicted octanol–water partition coefficient (Wildman–Crippen LogP) is 12.7. The van der Waals surface area contributed by atoms with E-state index < -0.39 is 0 Å². The minimum absolute atomic E-state index is 0.892. The Morgan fingerprint density at radius 3 is 1.92 bits per heavy atom. The highest BCUT2D eigenvalue weighted by Crippen LogP contribution is 2.42. The van der Waals surface area contributed by atoms with E-state index in [1.165, 1.54) is 72.3 Å². The first-order valence-electron chi connectivity index (χ1n) is 17.0. The molecule has 1 nitrogen and oxygen atoms in total. The van der Waals surface area contributed by atoms with Gasteiger partial charge in [-0.3, -0.25) is 4.98 Å². The summed E-state index contributed by atoms with van der Waals surface area (Å²) >= 11 is 0. The number of aromatic nitrogens is 1. The lowest BCUT2D eigenvalue weighted by Gasteiger charge is -2.21. The Hall–Kier alpha value is -5.53. The summed E-state index contributed by atoms with van der Waals surface area (Å²) < 4.78 is 0. The summed E-state index contributed by atoms with van der Waals surface area (Å²) in [5, 5.41) is 0. The molecule has 0 amide bonds. The molecule has 0 atom stereocenters. The third kappa shape index (κ3) is 6.77.